The van der Waals surface area contributed by atoms with E-state index in [0.717, 1.165) is 21.9 Å². The quantitative estimate of drug-likeness (QED) is 0.420. The molecule has 4 heteroatoms. The summed E-state index contributed by atoms with van der Waals surface area (Å²) in [5, 5.41) is 7.93. The Balaban J connectivity index is 1.36. The van der Waals surface area contributed by atoms with Crippen LogP contribution in [0.15, 0.2) is 103 Å². The highest BCUT2D eigenvalue weighted by Crippen LogP contribution is 2.16. The molecule has 2 N–H and O–H groups in total. The largest absolute Gasteiger partial charge is 0.348 e. The summed E-state index contributed by atoms with van der Waals surface area (Å²) in [7, 11) is 0. The molecule has 0 aliphatic rings. The van der Waals surface area contributed by atoms with Crippen LogP contribution in [0.4, 0.5) is 5.69 Å². The summed E-state index contributed by atoms with van der Waals surface area (Å²) >= 11 is 0. The van der Waals surface area contributed by atoms with Crippen molar-refractivity contribution in [2.24, 2.45) is 0 Å². The van der Waals surface area contributed by atoms with Crippen molar-refractivity contribution < 1.29 is 9.59 Å². The monoisotopic (exact) mass is 406 g/mol. The van der Waals surface area contributed by atoms with Gasteiger partial charge in [-0.3, -0.25) is 9.59 Å². The van der Waals surface area contributed by atoms with Gasteiger partial charge in [0.2, 0.25) is 5.91 Å². The lowest BCUT2D eigenvalue weighted by Gasteiger charge is -2.09. The molecule has 0 atom stereocenters. The molecule has 0 saturated heterocycles. The van der Waals surface area contributed by atoms with Gasteiger partial charge < -0.3 is 10.6 Å². The van der Waals surface area contributed by atoms with Crippen LogP contribution in [-0.4, -0.2) is 11.8 Å². The molecule has 0 aliphatic carbocycles. The predicted molar refractivity (Wildman–Crippen MR) is 126 cm³/mol. The first kappa shape index (κ1) is 20.1. The lowest BCUT2D eigenvalue weighted by Crippen LogP contribution is -2.22. The minimum Gasteiger partial charge on any atom is -0.348 e. The molecule has 0 radical (unpaired) electrons. The summed E-state index contributed by atoms with van der Waals surface area (Å²) in [4.78, 5) is 24.7. The van der Waals surface area contributed by atoms with Crippen LogP contribution in [0.3, 0.4) is 0 Å². The maximum atomic E-state index is 12.6. The van der Waals surface area contributed by atoms with Crippen LogP contribution in [0.25, 0.3) is 16.8 Å². The fourth-order valence-electron chi connectivity index (χ4n) is 3.29. The van der Waals surface area contributed by atoms with Crippen molar-refractivity contribution in [1.29, 1.82) is 0 Å². The smallest absolute Gasteiger partial charge is 0.251 e. The van der Waals surface area contributed by atoms with Gasteiger partial charge in [-0.15, -0.1) is 0 Å². The summed E-state index contributed by atoms with van der Waals surface area (Å²) in [6.07, 6.45) is 3.27. The van der Waals surface area contributed by atoms with Gasteiger partial charge in [-0.25, -0.2) is 0 Å². The van der Waals surface area contributed by atoms with E-state index in [9.17, 15) is 9.59 Å². The Morgan fingerprint density at radius 1 is 0.742 bits per heavy atom. The Bertz CT molecular complexity index is 1250. The fourth-order valence-corrected chi connectivity index (χ4v) is 3.29. The van der Waals surface area contributed by atoms with Crippen molar-refractivity contribution >= 4 is 34.4 Å². The molecule has 4 nitrogen and oxygen atoms in total. The van der Waals surface area contributed by atoms with E-state index in [1.807, 2.05) is 97.1 Å². The van der Waals surface area contributed by atoms with Crippen LogP contribution in [-0.2, 0) is 11.3 Å². The second-order valence-electron chi connectivity index (χ2n) is 7.18. The molecule has 0 aromatic heterocycles. The average molecular weight is 406 g/mol. The van der Waals surface area contributed by atoms with Crippen molar-refractivity contribution in [3.8, 4) is 0 Å². The van der Waals surface area contributed by atoms with Crippen molar-refractivity contribution in [2.45, 2.75) is 6.54 Å². The first-order valence-corrected chi connectivity index (χ1v) is 10.1. The van der Waals surface area contributed by atoms with Crippen LogP contribution in [0.5, 0.6) is 0 Å². The number of carbonyl (C=O) groups is 2. The summed E-state index contributed by atoms with van der Waals surface area (Å²) in [5.41, 5.74) is 3.16. The molecule has 0 saturated carbocycles. The zero-order chi connectivity index (χ0) is 21.5. The van der Waals surface area contributed by atoms with Crippen molar-refractivity contribution in [2.75, 3.05) is 5.32 Å². The van der Waals surface area contributed by atoms with E-state index < -0.39 is 0 Å². The first-order chi connectivity index (χ1) is 15.2. The van der Waals surface area contributed by atoms with Gasteiger partial charge in [0.1, 0.15) is 0 Å². The summed E-state index contributed by atoms with van der Waals surface area (Å²) in [6.45, 7) is 0.370. The van der Waals surface area contributed by atoms with E-state index in [-0.39, 0.29) is 11.8 Å². The molecule has 0 unspecified atom stereocenters. The number of amides is 2. The topological polar surface area (TPSA) is 58.2 Å². The molecule has 0 bridgehead atoms. The van der Waals surface area contributed by atoms with Crippen LogP contribution in [0, 0.1) is 0 Å². The van der Waals surface area contributed by atoms with Crippen LogP contribution in [0.1, 0.15) is 21.5 Å². The number of benzene rings is 4. The Labute approximate surface area is 181 Å². The van der Waals surface area contributed by atoms with E-state index in [2.05, 4.69) is 10.6 Å². The molecular weight excluding hydrogens is 384 g/mol. The van der Waals surface area contributed by atoms with E-state index in [1.165, 1.54) is 6.08 Å². The Hall–Kier alpha value is -4.18. The maximum absolute atomic E-state index is 12.6. The maximum Gasteiger partial charge on any atom is 0.251 e. The Morgan fingerprint density at radius 2 is 1.52 bits per heavy atom. The second kappa shape index (κ2) is 9.55. The molecule has 0 spiro atoms. The average Bonchev–Trinajstić information content (AvgIpc) is 2.82. The molecule has 0 fully saturated rings. The van der Waals surface area contributed by atoms with Gasteiger partial charge in [0, 0.05) is 23.9 Å². The number of nitrogens with one attached hydrogen (secondary N) is 2. The molecule has 0 heterocycles. The lowest BCUT2D eigenvalue weighted by molar-refractivity contribution is -0.111. The molecule has 4 aromatic rings. The third-order valence-electron chi connectivity index (χ3n) is 4.89. The SMILES string of the molecule is O=C(/C=C/c1ccccc1)Nc1cccc(CNC(=O)c2ccc3ccccc3c2)c1. The minimum absolute atomic E-state index is 0.133. The molecule has 4 aromatic carbocycles. The lowest BCUT2D eigenvalue weighted by atomic mass is 10.1. The number of anilines is 1. The van der Waals surface area contributed by atoms with E-state index in [0.29, 0.717) is 17.8 Å². The van der Waals surface area contributed by atoms with Crippen LogP contribution >= 0.6 is 0 Å². The number of rotatable bonds is 6. The zero-order valence-electron chi connectivity index (χ0n) is 16.9. The Morgan fingerprint density at radius 3 is 2.35 bits per heavy atom. The number of hydrogen-bond acceptors (Lipinski definition) is 2. The summed E-state index contributed by atoms with van der Waals surface area (Å²) in [5.74, 6) is -0.341. The van der Waals surface area contributed by atoms with Gasteiger partial charge in [0.05, 0.1) is 0 Å². The number of fused-ring (bicyclic) bond motifs is 1. The highest BCUT2D eigenvalue weighted by Gasteiger charge is 2.07. The number of hydrogen-bond donors (Lipinski definition) is 2. The van der Waals surface area contributed by atoms with Gasteiger partial charge in [0.15, 0.2) is 0 Å². The number of carbonyl (C=O) groups excluding carboxylic acids is 2. The molecule has 2 amide bonds. The van der Waals surface area contributed by atoms with Crippen LogP contribution < -0.4 is 10.6 Å². The zero-order valence-corrected chi connectivity index (χ0v) is 16.9. The molecule has 4 rings (SSSR count). The summed E-state index contributed by atoms with van der Waals surface area (Å²) < 4.78 is 0. The predicted octanol–water partition coefficient (Wildman–Crippen LogP) is 5.42. The molecular formula is C27H22N2O2. The fraction of sp³-hybridized carbons (Fsp3) is 0.0370. The van der Waals surface area contributed by atoms with Crippen molar-refractivity contribution in [1.82, 2.24) is 5.32 Å². The molecule has 152 valence electrons. The van der Waals surface area contributed by atoms with Crippen molar-refractivity contribution in [3.05, 3.63) is 120 Å². The minimum atomic E-state index is -0.207. The normalized spacial score (nSPS) is 10.8. The van der Waals surface area contributed by atoms with E-state index in [1.54, 1.807) is 6.08 Å². The standard InChI is InChI=1S/C27H22N2O2/c30-26(16-13-20-7-2-1-3-8-20)29-25-12-6-9-21(17-25)19-28-27(31)24-15-14-22-10-4-5-11-23(22)18-24/h1-18H,19H2,(H,28,31)(H,29,30)/b16-13+. The highest BCUT2D eigenvalue weighted by atomic mass is 16.2. The molecule has 31 heavy (non-hydrogen) atoms. The van der Waals surface area contributed by atoms with Gasteiger partial charge >= 0.3 is 0 Å². The second-order valence-corrected chi connectivity index (χ2v) is 7.18. The Kier molecular flexibility index (Phi) is 6.19. The van der Waals surface area contributed by atoms with E-state index >= 15 is 0 Å². The third-order valence-corrected chi connectivity index (χ3v) is 4.89. The first-order valence-electron chi connectivity index (χ1n) is 10.1. The van der Waals surface area contributed by atoms with Gasteiger partial charge in [-0.05, 0) is 52.2 Å². The van der Waals surface area contributed by atoms with Gasteiger partial charge in [-0.1, -0.05) is 72.8 Å². The van der Waals surface area contributed by atoms with Crippen LogP contribution in [0.2, 0.25) is 0 Å². The highest BCUT2D eigenvalue weighted by molar-refractivity contribution is 6.02. The van der Waals surface area contributed by atoms with Crippen molar-refractivity contribution in [3.63, 3.8) is 0 Å². The third kappa shape index (κ3) is 5.46. The van der Waals surface area contributed by atoms with E-state index in [4.69, 9.17) is 0 Å². The van der Waals surface area contributed by atoms with Gasteiger partial charge in [0.25, 0.3) is 5.91 Å². The molecule has 0 aliphatic heterocycles. The summed E-state index contributed by atoms with van der Waals surface area (Å²) in [6, 6.07) is 30.7. The van der Waals surface area contributed by atoms with Gasteiger partial charge in [-0.2, -0.15) is 0 Å².